The van der Waals surface area contributed by atoms with E-state index in [9.17, 15) is 0 Å². The predicted octanol–water partition coefficient (Wildman–Crippen LogP) is 2.88. The molecule has 2 nitrogen and oxygen atoms in total. The molecule has 0 aromatic heterocycles. The molecule has 0 aliphatic carbocycles. The Morgan fingerprint density at radius 1 is 1.31 bits per heavy atom. The third-order valence-corrected chi connectivity index (χ3v) is 4.22. The summed E-state index contributed by atoms with van der Waals surface area (Å²) in [6, 6.07) is 1.35. The third kappa shape index (κ3) is 2.60. The van der Waals surface area contributed by atoms with Crippen molar-refractivity contribution in [3.8, 4) is 0 Å². The summed E-state index contributed by atoms with van der Waals surface area (Å²) in [4.78, 5) is 2.68. The van der Waals surface area contributed by atoms with Crippen LogP contribution < -0.4 is 5.32 Å². The molecule has 0 aromatic rings. The third-order valence-electron chi connectivity index (χ3n) is 4.22. The van der Waals surface area contributed by atoms with Crippen molar-refractivity contribution in [1.29, 1.82) is 0 Å². The second-order valence-electron chi connectivity index (χ2n) is 6.74. The quantitative estimate of drug-likeness (QED) is 0.796. The fourth-order valence-corrected chi connectivity index (χ4v) is 3.53. The number of hydrogen-bond donors (Lipinski definition) is 1. The lowest BCUT2D eigenvalue weighted by Gasteiger charge is -2.42. The summed E-state index contributed by atoms with van der Waals surface area (Å²) in [6.07, 6.45) is 1.30. The van der Waals surface area contributed by atoms with Crippen molar-refractivity contribution in [1.82, 2.24) is 10.2 Å². The molecule has 0 spiro atoms. The molecule has 0 unspecified atom stereocenters. The molecule has 1 rings (SSSR count). The zero-order valence-electron chi connectivity index (χ0n) is 12.2. The average molecular weight is 226 g/mol. The number of rotatable bonds is 3. The van der Waals surface area contributed by atoms with E-state index in [2.05, 4.69) is 58.7 Å². The first kappa shape index (κ1) is 14.0. The Labute approximate surface area is 102 Å². The SMILES string of the molecule is CCNC[C@@]1(C)C[C@@H](C)N(C(C)(C)C)[C@@H]1C. The summed E-state index contributed by atoms with van der Waals surface area (Å²) in [5, 5.41) is 3.53. The van der Waals surface area contributed by atoms with E-state index < -0.39 is 0 Å². The van der Waals surface area contributed by atoms with E-state index in [1.165, 1.54) is 6.42 Å². The molecule has 16 heavy (non-hydrogen) atoms. The molecule has 1 fully saturated rings. The van der Waals surface area contributed by atoms with Crippen LogP contribution in [0.5, 0.6) is 0 Å². The van der Waals surface area contributed by atoms with Gasteiger partial charge in [-0.15, -0.1) is 0 Å². The van der Waals surface area contributed by atoms with Gasteiger partial charge in [-0.2, -0.15) is 0 Å². The molecule has 1 heterocycles. The van der Waals surface area contributed by atoms with Crippen LogP contribution in [0.15, 0.2) is 0 Å². The predicted molar refractivity (Wildman–Crippen MR) is 71.8 cm³/mol. The Morgan fingerprint density at radius 2 is 1.88 bits per heavy atom. The van der Waals surface area contributed by atoms with E-state index in [0.29, 0.717) is 17.5 Å². The van der Waals surface area contributed by atoms with Crippen molar-refractivity contribution in [3.05, 3.63) is 0 Å². The Hall–Kier alpha value is -0.0800. The normalized spacial score (nSPS) is 36.9. The van der Waals surface area contributed by atoms with Gasteiger partial charge in [0.05, 0.1) is 0 Å². The summed E-state index contributed by atoms with van der Waals surface area (Å²) >= 11 is 0. The van der Waals surface area contributed by atoms with E-state index >= 15 is 0 Å². The smallest absolute Gasteiger partial charge is 0.0141 e. The maximum atomic E-state index is 3.53. The molecule has 0 radical (unpaired) electrons. The van der Waals surface area contributed by atoms with E-state index in [4.69, 9.17) is 0 Å². The average Bonchev–Trinajstić information content (AvgIpc) is 2.34. The van der Waals surface area contributed by atoms with Gasteiger partial charge in [-0.05, 0) is 53.0 Å². The van der Waals surface area contributed by atoms with E-state index in [1.54, 1.807) is 0 Å². The van der Waals surface area contributed by atoms with Gasteiger partial charge in [0, 0.05) is 24.2 Å². The summed E-state index contributed by atoms with van der Waals surface area (Å²) in [6.45, 7) is 18.6. The van der Waals surface area contributed by atoms with Gasteiger partial charge in [-0.3, -0.25) is 4.90 Å². The molecule has 1 aliphatic rings. The molecule has 0 saturated carbocycles. The van der Waals surface area contributed by atoms with Crippen molar-refractivity contribution in [2.24, 2.45) is 5.41 Å². The van der Waals surface area contributed by atoms with Crippen LogP contribution in [-0.2, 0) is 0 Å². The first-order chi connectivity index (χ1) is 7.22. The van der Waals surface area contributed by atoms with Gasteiger partial charge in [0.1, 0.15) is 0 Å². The van der Waals surface area contributed by atoms with Crippen LogP contribution in [0.2, 0.25) is 0 Å². The Morgan fingerprint density at radius 3 is 2.25 bits per heavy atom. The molecular formula is C14H30N2. The van der Waals surface area contributed by atoms with Crippen molar-refractivity contribution >= 4 is 0 Å². The van der Waals surface area contributed by atoms with Crippen LogP contribution in [-0.4, -0.2) is 35.6 Å². The summed E-state index contributed by atoms with van der Waals surface area (Å²) in [5.41, 5.74) is 0.700. The second-order valence-corrected chi connectivity index (χ2v) is 6.74. The summed E-state index contributed by atoms with van der Waals surface area (Å²) in [5.74, 6) is 0. The minimum atomic E-state index is 0.281. The molecular weight excluding hydrogens is 196 g/mol. The first-order valence-corrected chi connectivity index (χ1v) is 6.71. The maximum absolute atomic E-state index is 3.53. The maximum Gasteiger partial charge on any atom is 0.0141 e. The van der Waals surface area contributed by atoms with Crippen LogP contribution in [0.3, 0.4) is 0 Å². The van der Waals surface area contributed by atoms with E-state index in [-0.39, 0.29) is 5.54 Å². The van der Waals surface area contributed by atoms with Crippen LogP contribution >= 0.6 is 0 Å². The molecule has 96 valence electrons. The number of nitrogens with zero attached hydrogens (tertiary/aromatic N) is 1. The van der Waals surface area contributed by atoms with Crippen LogP contribution in [0.25, 0.3) is 0 Å². The van der Waals surface area contributed by atoms with E-state index in [0.717, 1.165) is 13.1 Å². The summed E-state index contributed by atoms with van der Waals surface area (Å²) < 4.78 is 0. The summed E-state index contributed by atoms with van der Waals surface area (Å²) in [7, 11) is 0. The van der Waals surface area contributed by atoms with Gasteiger partial charge in [-0.1, -0.05) is 13.8 Å². The largest absolute Gasteiger partial charge is 0.316 e. The van der Waals surface area contributed by atoms with Gasteiger partial charge in [0.2, 0.25) is 0 Å². The highest BCUT2D eigenvalue weighted by molar-refractivity contribution is 5.02. The number of nitrogens with one attached hydrogen (secondary N) is 1. The monoisotopic (exact) mass is 226 g/mol. The van der Waals surface area contributed by atoms with Gasteiger partial charge in [-0.25, -0.2) is 0 Å². The standard InChI is InChI=1S/C14H30N2/c1-8-15-10-14(7)9-11(2)16(12(14)3)13(4,5)6/h11-12,15H,8-10H2,1-7H3/t11-,12-,14-/m1/s1. The molecule has 1 saturated heterocycles. The lowest BCUT2D eigenvalue weighted by atomic mass is 9.82. The Bertz CT molecular complexity index is 231. The number of likely N-dealkylation sites (tertiary alicyclic amines) is 1. The van der Waals surface area contributed by atoms with Crippen molar-refractivity contribution < 1.29 is 0 Å². The van der Waals surface area contributed by atoms with Crippen molar-refractivity contribution in [2.75, 3.05) is 13.1 Å². The Balaban J connectivity index is 2.80. The highest BCUT2D eigenvalue weighted by Gasteiger charge is 2.48. The lowest BCUT2D eigenvalue weighted by molar-refractivity contribution is 0.0668. The van der Waals surface area contributed by atoms with Gasteiger partial charge >= 0.3 is 0 Å². The molecule has 0 amide bonds. The number of hydrogen-bond acceptors (Lipinski definition) is 2. The fourth-order valence-electron chi connectivity index (χ4n) is 3.53. The van der Waals surface area contributed by atoms with Crippen molar-refractivity contribution in [2.45, 2.75) is 72.5 Å². The zero-order valence-corrected chi connectivity index (χ0v) is 12.2. The van der Waals surface area contributed by atoms with Crippen molar-refractivity contribution in [3.63, 3.8) is 0 Å². The first-order valence-electron chi connectivity index (χ1n) is 6.71. The minimum absolute atomic E-state index is 0.281. The second kappa shape index (κ2) is 4.66. The minimum Gasteiger partial charge on any atom is -0.316 e. The van der Waals surface area contributed by atoms with Gasteiger partial charge in [0.25, 0.3) is 0 Å². The molecule has 3 atom stereocenters. The lowest BCUT2D eigenvalue weighted by Crippen LogP contribution is -2.50. The van der Waals surface area contributed by atoms with Gasteiger partial charge in [0.15, 0.2) is 0 Å². The Kier molecular flexibility index (Phi) is 4.07. The highest BCUT2D eigenvalue weighted by atomic mass is 15.3. The molecule has 0 aromatic carbocycles. The van der Waals surface area contributed by atoms with Crippen LogP contribution in [0.1, 0.15) is 54.9 Å². The molecule has 0 bridgehead atoms. The molecule has 1 aliphatic heterocycles. The van der Waals surface area contributed by atoms with Crippen LogP contribution in [0.4, 0.5) is 0 Å². The van der Waals surface area contributed by atoms with E-state index in [1.807, 2.05) is 0 Å². The molecule has 1 N–H and O–H groups in total. The highest BCUT2D eigenvalue weighted by Crippen LogP contribution is 2.43. The molecule has 2 heteroatoms. The van der Waals surface area contributed by atoms with Gasteiger partial charge < -0.3 is 5.32 Å². The zero-order chi connectivity index (χ0) is 12.6. The fraction of sp³-hybridized carbons (Fsp3) is 1.00. The van der Waals surface area contributed by atoms with Crippen LogP contribution in [0, 0.1) is 5.41 Å². The topological polar surface area (TPSA) is 15.3 Å².